The summed E-state index contributed by atoms with van der Waals surface area (Å²) in [5, 5.41) is 4.33. The van der Waals surface area contributed by atoms with Crippen molar-refractivity contribution in [1.29, 1.82) is 0 Å². The van der Waals surface area contributed by atoms with E-state index in [4.69, 9.17) is 10.5 Å². The Kier molecular flexibility index (Phi) is 5.84. The van der Waals surface area contributed by atoms with Crippen molar-refractivity contribution in [2.45, 2.75) is 12.6 Å². The number of hydrogen-bond donors (Lipinski definition) is 2. The average molecular weight is 388 g/mol. The zero-order chi connectivity index (χ0) is 20.1. The van der Waals surface area contributed by atoms with Gasteiger partial charge in [-0.15, -0.1) is 0 Å². The zero-order valence-electron chi connectivity index (χ0n) is 14.9. The third-order valence-corrected chi connectivity index (χ3v) is 4.18. The lowest BCUT2D eigenvalue weighted by atomic mass is 10.1. The number of alkyl halides is 3. The lowest BCUT2D eigenvalue weighted by Crippen LogP contribution is -2.25. The van der Waals surface area contributed by atoms with Crippen LogP contribution in [0.4, 0.5) is 13.2 Å². The summed E-state index contributed by atoms with van der Waals surface area (Å²) in [6.45, 7) is 1.01. The van der Waals surface area contributed by atoms with Gasteiger partial charge >= 0.3 is 6.18 Å². The van der Waals surface area contributed by atoms with Gasteiger partial charge in [0.05, 0.1) is 5.56 Å². The summed E-state index contributed by atoms with van der Waals surface area (Å²) >= 11 is 0. The molecule has 0 heterocycles. The maximum Gasteiger partial charge on any atom is 0.416 e. The second-order valence-electron chi connectivity index (χ2n) is 6.21. The fourth-order valence-electron chi connectivity index (χ4n) is 2.73. The second-order valence-corrected chi connectivity index (χ2v) is 6.21. The van der Waals surface area contributed by atoms with Gasteiger partial charge in [0.15, 0.2) is 0 Å². The maximum absolute atomic E-state index is 12.7. The summed E-state index contributed by atoms with van der Waals surface area (Å²) in [7, 11) is 0. The summed E-state index contributed by atoms with van der Waals surface area (Å²) in [6, 6.07) is 15.0. The third-order valence-electron chi connectivity index (χ3n) is 4.18. The molecule has 4 nitrogen and oxygen atoms in total. The van der Waals surface area contributed by atoms with Gasteiger partial charge in [-0.3, -0.25) is 4.79 Å². The predicted molar refractivity (Wildman–Crippen MR) is 101 cm³/mol. The number of nitrogens with two attached hydrogens (primary N) is 1. The van der Waals surface area contributed by atoms with Crippen LogP contribution in [0, 0.1) is 0 Å². The monoisotopic (exact) mass is 388 g/mol. The number of nitrogens with one attached hydrogen (secondary N) is 1. The van der Waals surface area contributed by atoms with Crippen LogP contribution in [0.1, 0.15) is 22.3 Å². The van der Waals surface area contributed by atoms with Crippen molar-refractivity contribution in [3.8, 4) is 11.5 Å². The fourth-order valence-corrected chi connectivity index (χ4v) is 2.73. The molecule has 3 aromatic rings. The van der Waals surface area contributed by atoms with E-state index in [1.54, 1.807) is 30.3 Å². The molecule has 0 fully saturated rings. The number of carbonyl (C=O) groups is 1. The highest BCUT2D eigenvalue weighted by Crippen LogP contribution is 2.33. The molecule has 0 aromatic heterocycles. The van der Waals surface area contributed by atoms with E-state index >= 15 is 0 Å². The highest BCUT2D eigenvalue weighted by molar-refractivity contribution is 5.99. The highest BCUT2D eigenvalue weighted by atomic mass is 19.4. The second kappa shape index (κ2) is 8.31. The van der Waals surface area contributed by atoms with Gasteiger partial charge in [0.1, 0.15) is 11.5 Å². The normalized spacial score (nSPS) is 11.4. The molecule has 0 atom stereocenters. The van der Waals surface area contributed by atoms with Crippen LogP contribution in [0.2, 0.25) is 0 Å². The summed E-state index contributed by atoms with van der Waals surface area (Å²) in [4.78, 5) is 12.2. The Labute approximate surface area is 160 Å². The summed E-state index contributed by atoms with van der Waals surface area (Å²) < 4.78 is 43.8. The van der Waals surface area contributed by atoms with Gasteiger partial charge in [0.2, 0.25) is 0 Å². The van der Waals surface area contributed by atoms with Gasteiger partial charge in [-0.1, -0.05) is 12.1 Å². The van der Waals surface area contributed by atoms with Crippen molar-refractivity contribution < 1.29 is 22.7 Å². The molecule has 0 aliphatic rings. The summed E-state index contributed by atoms with van der Waals surface area (Å²) in [5.74, 6) is 0.598. The molecule has 0 saturated heterocycles. The molecule has 0 radical (unpaired) electrons. The molecule has 0 spiro atoms. The van der Waals surface area contributed by atoms with E-state index in [9.17, 15) is 18.0 Å². The van der Waals surface area contributed by atoms with Crippen molar-refractivity contribution in [2.75, 3.05) is 13.1 Å². The van der Waals surface area contributed by atoms with Crippen LogP contribution >= 0.6 is 0 Å². The summed E-state index contributed by atoms with van der Waals surface area (Å²) in [6.07, 6.45) is -3.69. The van der Waals surface area contributed by atoms with Crippen LogP contribution in [-0.4, -0.2) is 19.0 Å². The van der Waals surface area contributed by atoms with Gasteiger partial charge in [0.25, 0.3) is 5.91 Å². The number of carbonyl (C=O) groups excluding carboxylic acids is 1. The molecule has 3 rings (SSSR count). The molecule has 0 saturated carbocycles. The Balaban J connectivity index is 1.82. The number of benzene rings is 3. The van der Waals surface area contributed by atoms with Crippen molar-refractivity contribution in [2.24, 2.45) is 5.73 Å². The number of hydrogen-bond acceptors (Lipinski definition) is 3. The van der Waals surface area contributed by atoms with Crippen LogP contribution in [0.3, 0.4) is 0 Å². The highest BCUT2D eigenvalue weighted by Gasteiger charge is 2.30. The van der Waals surface area contributed by atoms with Gasteiger partial charge in [-0.2, -0.15) is 13.2 Å². The van der Waals surface area contributed by atoms with Crippen molar-refractivity contribution in [3.63, 3.8) is 0 Å². The zero-order valence-corrected chi connectivity index (χ0v) is 14.9. The van der Waals surface area contributed by atoms with Crippen LogP contribution in [-0.2, 0) is 6.18 Å². The first kappa shape index (κ1) is 19.7. The fraction of sp³-hybridized carbons (Fsp3) is 0.190. The lowest BCUT2D eigenvalue weighted by Gasteiger charge is -2.12. The SMILES string of the molecule is NCCCNC(=O)c1ccc2c(Oc3ccc(C(F)(F)F)cc3)cccc2c1. The van der Waals surface area contributed by atoms with E-state index in [1.165, 1.54) is 12.1 Å². The molecule has 0 aliphatic carbocycles. The molecule has 3 aromatic carbocycles. The molecular weight excluding hydrogens is 369 g/mol. The number of fused-ring (bicyclic) bond motifs is 1. The first-order chi connectivity index (χ1) is 13.4. The molecule has 146 valence electrons. The van der Waals surface area contributed by atoms with Crippen LogP contribution in [0.5, 0.6) is 11.5 Å². The van der Waals surface area contributed by atoms with Gasteiger partial charge in [0, 0.05) is 17.5 Å². The summed E-state index contributed by atoms with van der Waals surface area (Å²) in [5.41, 5.74) is 5.19. The molecule has 0 aliphatic heterocycles. The van der Waals surface area contributed by atoms with Gasteiger partial charge in [-0.05, 0) is 66.9 Å². The molecule has 3 N–H and O–H groups in total. The first-order valence-corrected chi connectivity index (χ1v) is 8.74. The maximum atomic E-state index is 12.7. The van der Waals surface area contributed by atoms with E-state index in [0.717, 1.165) is 22.9 Å². The Morgan fingerprint density at radius 2 is 1.79 bits per heavy atom. The van der Waals surface area contributed by atoms with Crippen molar-refractivity contribution in [1.82, 2.24) is 5.32 Å². The lowest BCUT2D eigenvalue weighted by molar-refractivity contribution is -0.137. The largest absolute Gasteiger partial charge is 0.457 e. The molecular formula is C21H19F3N2O2. The van der Waals surface area contributed by atoms with E-state index in [2.05, 4.69) is 5.32 Å². The molecule has 28 heavy (non-hydrogen) atoms. The van der Waals surface area contributed by atoms with Gasteiger partial charge < -0.3 is 15.8 Å². The van der Waals surface area contributed by atoms with Gasteiger partial charge in [-0.25, -0.2) is 0 Å². The Bertz CT molecular complexity index is 970. The molecule has 7 heteroatoms. The topological polar surface area (TPSA) is 64.3 Å². The van der Waals surface area contributed by atoms with Crippen molar-refractivity contribution >= 4 is 16.7 Å². The first-order valence-electron chi connectivity index (χ1n) is 8.74. The Morgan fingerprint density at radius 1 is 1.04 bits per heavy atom. The third kappa shape index (κ3) is 4.61. The van der Waals surface area contributed by atoms with Crippen LogP contribution < -0.4 is 15.8 Å². The smallest absolute Gasteiger partial charge is 0.416 e. The van der Waals surface area contributed by atoms with Crippen LogP contribution in [0.25, 0.3) is 10.8 Å². The Hall–Kier alpha value is -3.06. The van der Waals surface area contributed by atoms with E-state index < -0.39 is 11.7 Å². The van der Waals surface area contributed by atoms with E-state index in [1.807, 2.05) is 6.07 Å². The van der Waals surface area contributed by atoms with E-state index in [-0.39, 0.29) is 5.91 Å². The Morgan fingerprint density at radius 3 is 2.46 bits per heavy atom. The number of ether oxygens (including phenoxy) is 1. The minimum atomic E-state index is -4.39. The standard InChI is InChI=1S/C21H19F3N2O2/c22-21(23,24)16-6-8-17(9-7-16)28-19-4-1-3-14-13-15(5-10-18(14)19)20(27)26-12-2-11-25/h1,3-10,13H,2,11-12,25H2,(H,26,27). The minimum Gasteiger partial charge on any atom is -0.457 e. The number of rotatable bonds is 6. The predicted octanol–water partition coefficient (Wildman–Crippen LogP) is 4.73. The van der Waals surface area contributed by atoms with Crippen molar-refractivity contribution in [3.05, 3.63) is 71.8 Å². The minimum absolute atomic E-state index is 0.190. The molecule has 0 bridgehead atoms. The quantitative estimate of drug-likeness (QED) is 0.600. The number of halogens is 3. The molecule has 1 amide bonds. The number of amides is 1. The van der Waals surface area contributed by atoms with Crippen LogP contribution in [0.15, 0.2) is 60.7 Å². The average Bonchev–Trinajstić information content (AvgIpc) is 2.67. The van der Waals surface area contributed by atoms with E-state index in [0.29, 0.717) is 36.6 Å². The molecule has 0 unspecified atom stereocenters.